The zero-order chi connectivity index (χ0) is 37.8. The van der Waals surface area contributed by atoms with Gasteiger partial charge in [-0.15, -0.1) is 22.7 Å². The minimum absolute atomic E-state index is 0. The Kier molecular flexibility index (Phi) is 14.0. The topological polar surface area (TPSA) is 170 Å². The number of ether oxygens (including phenoxy) is 1. The summed E-state index contributed by atoms with van der Waals surface area (Å²) in [5.74, 6) is -1.44. The third-order valence-corrected chi connectivity index (χ3v) is 12.4. The first-order valence-corrected chi connectivity index (χ1v) is 20.0. The van der Waals surface area contributed by atoms with Crippen LogP contribution in [0, 0.1) is 0 Å². The summed E-state index contributed by atoms with van der Waals surface area (Å²) in [6.07, 6.45) is 4.08. The highest BCUT2D eigenvalue weighted by Crippen LogP contribution is 2.42. The molecule has 0 aliphatic heterocycles. The zero-order valence-corrected chi connectivity index (χ0v) is 32.4. The van der Waals surface area contributed by atoms with Gasteiger partial charge in [0, 0.05) is 37.1 Å². The second kappa shape index (κ2) is 18.5. The largest absolute Gasteiger partial charge is 0.506 e. The Balaban J connectivity index is 0.00000300. The molecule has 0 unspecified atom stereocenters. The Morgan fingerprint density at radius 1 is 1.02 bits per heavy atom. The number of aromatic hydroxyl groups is 1. The van der Waals surface area contributed by atoms with Crippen molar-refractivity contribution < 1.29 is 38.7 Å². The molecule has 1 atom stereocenters. The molecule has 12 nitrogen and oxygen atoms in total. The van der Waals surface area contributed by atoms with E-state index in [1.807, 2.05) is 53.2 Å². The molecule has 0 amide bonds. The first kappa shape index (κ1) is 42.4. The van der Waals surface area contributed by atoms with Crippen LogP contribution in [0.2, 0.25) is 0 Å². The number of aliphatic hydroxyl groups excluding tert-OH is 1. The number of unbranched alkanes of at least 4 members (excludes halogenated alkanes) is 1. The number of carbonyl (C=O) groups is 1. The van der Waals surface area contributed by atoms with Gasteiger partial charge in [-0.25, -0.2) is 9.59 Å². The van der Waals surface area contributed by atoms with E-state index in [0.717, 1.165) is 56.1 Å². The zero-order valence-electron chi connectivity index (χ0n) is 30.7. The summed E-state index contributed by atoms with van der Waals surface area (Å²) in [5, 5.41) is 39.1. The lowest BCUT2D eigenvalue weighted by Crippen LogP contribution is -2.44. The number of aromatic amines is 1. The van der Waals surface area contributed by atoms with Gasteiger partial charge in [-0.1, -0.05) is 24.3 Å². The van der Waals surface area contributed by atoms with E-state index in [1.54, 1.807) is 16.7 Å². The van der Waals surface area contributed by atoms with Crippen molar-refractivity contribution >= 4 is 50.6 Å². The lowest BCUT2D eigenvalue weighted by molar-refractivity contribution is -0.170. The van der Waals surface area contributed by atoms with Crippen LogP contribution in [0.1, 0.15) is 65.5 Å². The molecule has 0 radical (unpaired) electrons. The van der Waals surface area contributed by atoms with Gasteiger partial charge in [0.25, 0.3) is 0 Å². The monoisotopic (exact) mass is 812 g/mol. The summed E-state index contributed by atoms with van der Waals surface area (Å²) >= 11 is 2.82. The Hall–Kier alpha value is -4.71. The van der Waals surface area contributed by atoms with Gasteiger partial charge in [-0.3, -0.25) is 18.8 Å². The number of aromatic nitrogens is 2. The van der Waals surface area contributed by atoms with Crippen LogP contribution in [0.25, 0.3) is 22.0 Å². The van der Waals surface area contributed by atoms with Gasteiger partial charge in [0.1, 0.15) is 5.75 Å². The normalized spacial score (nSPS) is 16.5. The second-order valence-electron chi connectivity index (χ2n) is 13.9. The number of aryl methyl sites for hydroxylation is 1. The van der Waals surface area contributed by atoms with Crippen molar-refractivity contribution in [3.8, 4) is 5.75 Å². The van der Waals surface area contributed by atoms with Gasteiger partial charge in [-0.05, 0) is 110 Å². The third kappa shape index (κ3) is 8.80. The molecule has 300 valence electrons. The summed E-state index contributed by atoms with van der Waals surface area (Å²) in [7, 11) is 2.13. The molecule has 0 bridgehead atoms. The molecule has 2 aromatic carbocycles. The van der Waals surface area contributed by atoms with Crippen molar-refractivity contribution in [2.45, 2.75) is 75.5 Å². The number of thiophene rings is 2. The van der Waals surface area contributed by atoms with E-state index < -0.39 is 23.4 Å². The van der Waals surface area contributed by atoms with Crippen LogP contribution in [-0.4, -0.2) is 68.0 Å². The van der Waals surface area contributed by atoms with E-state index in [9.17, 15) is 29.7 Å². The number of hydrogen-bond acceptors (Lipinski definition) is 11. The number of nitrogens with zero attached hydrogens (tertiary/aromatic N) is 2. The molecule has 5 N–H and O–H groups in total. The third-order valence-electron chi connectivity index (χ3n) is 10.5. The summed E-state index contributed by atoms with van der Waals surface area (Å²) in [6.45, 7) is 2.07. The number of benzene rings is 2. The Labute approximate surface area is 328 Å². The number of halogens is 2. The lowest BCUT2D eigenvalue weighted by Gasteiger charge is -2.38. The van der Waals surface area contributed by atoms with E-state index in [0.29, 0.717) is 45.4 Å². The number of aliphatic carboxylic acids is 1. The summed E-state index contributed by atoms with van der Waals surface area (Å²) in [4.78, 5) is 43.7. The van der Waals surface area contributed by atoms with Gasteiger partial charge in [0.15, 0.2) is 5.58 Å². The fourth-order valence-corrected chi connectivity index (χ4v) is 9.38. The van der Waals surface area contributed by atoms with Crippen LogP contribution in [0.4, 0.5) is 9.41 Å². The van der Waals surface area contributed by atoms with E-state index in [-0.39, 0.29) is 38.9 Å². The minimum atomic E-state index is -1.49. The molecule has 1 fully saturated rings. The van der Waals surface area contributed by atoms with E-state index in [4.69, 9.17) is 9.15 Å². The number of hydrogen-bond donors (Lipinski definition) is 5. The summed E-state index contributed by atoms with van der Waals surface area (Å²) in [6, 6.07) is 19.5. The molecule has 4 aromatic heterocycles. The average Bonchev–Trinajstić information content (AvgIpc) is 3.96. The van der Waals surface area contributed by atoms with Crippen molar-refractivity contribution in [1.82, 2.24) is 19.8 Å². The van der Waals surface area contributed by atoms with Crippen LogP contribution in [0.15, 0.2) is 91.5 Å². The number of aliphatic hydroxyl groups is 1. The highest BCUT2D eigenvalue weighted by molar-refractivity contribution is 7.12. The van der Waals surface area contributed by atoms with Crippen LogP contribution < -0.4 is 16.6 Å². The van der Waals surface area contributed by atoms with Crippen molar-refractivity contribution in [2.75, 3.05) is 20.1 Å². The van der Waals surface area contributed by atoms with E-state index in [2.05, 4.69) is 22.2 Å². The number of pyridine rings is 1. The van der Waals surface area contributed by atoms with Crippen LogP contribution in [0.3, 0.4) is 0 Å². The van der Waals surface area contributed by atoms with Gasteiger partial charge in [0.05, 0.1) is 33.0 Å². The maximum Gasteiger partial charge on any atom is 0.419 e. The van der Waals surface area contributed by atoms with Crippen molar-refractivity contribution in [3.05, 3.63) is 119 Å². The van der Waals surface area contributed by atoms with Crippen LogP contribution in [-0.2, 0) is 28.2 Å². The second-order valence-corrected chi connectivity index (χ2v) is 15.8. The van der Waals surface area contributed by atoms with Gasteiger partial charge >= 0.3 is 11.7 Å². The SMILES string of the molecule is CN(CCCCn1c(=O)oc2cc(CNC[C@H](O)c3ccc(O)c4[nH]c(=O)ccc34)ccc21)[C@H]1CC[C@H](OC(C(=O)O)(c2cccs2)c2cccs2)CC1.F.F. The van der Waals surface area contributed by atoms with Crippen LogP contribution >= 0.6 is 22.7 Å². The van der Waals surface area contributed by atoms with E-state index in [1.165, 1.54) is 34.8 Å². The number of carboxylic acid groups (broad SMARTS) is 1. The number of carboxylic acids is 1. The smallest absolute Gasteiger partial charge is 0.419 e. The average molecular weight is 813 g/mol. The molecule has 0 saturated heterocycles. The van der Waals surface area contributed by atoms with Crippen molar-refractivity contribution in [2.24, 2.45) is 0 Å². The van der Waals surface area contributed by atoms with Gasteiger partial charge < -0.3 is 39.7 Å². The highest BCUT2D eigenvalue weighted by atomic mass is 32.1. The number of oxazole rings is 1. The number of H-pyrrole nitrogens is 1. The molecule has 1 saturated carbocycles. The number of phenols is 1. The Morgan fingerprint density at radius 2 is 1.73 bits per heavy atom. The molecule has 6 aromatic rings. The van der Waals surface area contributed by atoms with Gasteiger partial charge in [-0.2, -0.15) is 0 Å². The molecular weight excluding hydrogens is 767 g/mol. The first-order chi connectivity index (χ1) is 26.1. The number of phenolic OH excluding ortho intramolecular Hbond substituents is 1. The first-order valence-electron chi connectivity index (χ1n) is 18.2. The quantitative estimate of drug-likeness (QED) is 0.0684. The highest BCUT2D eigenvalue weighted by Gasteiger charge is 2.48. The summed E-state index contributed by atoms with van der Waals surface area (Å²) in [5.41, 5.74) is 1.18. The molecule has 7 rings (SSSR count). The van der Waals surface area contributed by atoms with Crippen molar-refractivity contribution in [3.63, 3.8) is 0 Å². The molecule has 0 spiro atoms. The Morgan fingerprint density at radius 3 is 2.39 bits per heavy atom. The molecule has 4 heterocycles. The Bertz CT molecular complexity index is 2280. The molecule has 16 heteroatoms. The molecule has 56 heavy (non-hydrogen) atoms. The van der Waals surface area contributed by atoms with E-state index >= 15 is 0 Å². The molecular formula is C40H46F2N4O8S2. The summed E-state index contributed by atoms with van der Waals surface area (Å²) < 4.78 is 13.8. The maximum absolute atomic E-state index is 12.8. The maximum atomic E-state index is 12.8. The number of nitrogens with one attached hydrogen (secondary N) is 2. The number of rotatable bonds is 16. The fraction of sp³-hybridized carbons (Fsp3) is 0.375. The van der Waals surface area contributed by atoms with Crippen molar-refractivity contribution in [1.29, 1.82) is 0 Å². The standard InChI is InChI=1S/C40H44N4O8S2.2FH/c1-43(26-9-11-27(12-10-26)52-40(38(48)49,34-6-4-20-53-34)35-7-5-21-54-35)18-2-3-19-44-30-15-8-25(22-33(30)51-39(44)50)23-41-24-32(46)28-13-16-31(45)37-29(28)14-17-36(47)42-37;;/h4-8,13-17,20-22,26-27,32,41,45-46H,2-3,9-12,18-19,23-24H2,1H3,(H,42,47)(H,48,49);2*1H/t26-,27-,32-;;/m0../s1. The lowest BCUT2D eigenvalue weighted by atomic mass is 9.90. The predicted molar refractivity (Wildman–Crippen MR) is 214 cm³/mol. The minimum Gasteiger partial charge on any atom is -0.506 e. The fourth-order valence-electron chi connectivity index (χ4n) is 7.57. The van der Waals surface area contributed by atoms with Crippen LogP contribution in [0.5, 0.6) is 5.75 Å². The molecule has 1 aliphatic rings. The molecule has 1 aliphatic carbocycles. The predicted octanol–water partition coefficient (Wildman–Crippen LogP) is 6.46. The van der Waals surface area contributed by atoms with Gasteiger partial charge in [0.2, 0.25) is 11.2 Å². The number of fused-ring (bicyclic) bond motifs is 2.